The second-order valence-electron chi connectivity index (χ2n) is 9.21. The van der Waals surface area contributed by atoms with Gasteiger partial charge in [0.05, 0.1) is 28.5 Å². The van der Waals surface area contributed by atoms with Crippen molar-refractivity contribution >= 4 is 21.9 Å². The molecule has 3 aromatic carbocycles. The van der Waals surface area contributed by atoms with Crippen LogP contribution >= 0.6 is 0 Å². The Hall–Kier alpha value is -4.75. The predicted octanol–water partition coefficient (Wildman–Crippen LogP) is 7.30. The molecule has 0 aliphatic heterocycles. The number of aromatic nitrogens is 2. The third-order valence-corrected chi connectivity index (χ3v) is 6.80. The maximum atomic E-state index is 9.96. The molecule has 172 valence electrons. The van der Waals surface area contributed by atoms with E-state index in [4.69, 9.17) is 9.40 Å². The van der Waals surface area contributed by atoms with Crippen LogP contribution in [0.2, 0.25) is 0 Å². The summed E-state index contributed by atoms with van der Waals surface area (Å²) in [5, 5.41) is 12.0. The average Bonchev–Trinajstić information content (AvgIpc) is 3.28. The van der Waals surface area contributed by atoms with Gasteiger partial charge in [-0.05, 0) is 49.2 Å². The summed E-state index contributed by atoms with van der Waals surface area (Å²) in [6.07, 6.45) is 3.98. The Labute approximate surface area is 209 Å². The van der Waals surface area contributed by atoms with Crippen LogP contribution in [0.15, 0.2) is 95.7 Å². The molecule has 0 aliphatic rings. The molecule has 0 bridgehead atoms. The predicted molar refractivity (Wildman–Crippen MR) is 143 cm³/mol. The highest BCUT2D eigenvalue weighted by molar-refractivity contribution is 6.13. The molecule has 0 aliphatic carbocycles. The van der Waals surface area contributed by atoms with Crippen molar-refractivity contribution in [1.82, 2.24) is 4.98 Å². The van der Waals surface area contributed by atoms with E-state index in [-0.39, 0.29) is 0 Å². The number of fused-ring (bicyclic) bond motifs is 3. The van der Waals surface area contributed by atoms with Crippen molar-refractivity contribution in [2.24, 2.45) is 7.05 Å². The minimum absolute atomic E-state index is 0.542. The van der Waals surface area contributed by atoms with Crippen molar-refractivity contribution in [2.45, 2.75) is 13.8 Å². The molecule has 0 radical (unpaired) electrons. The molecular weight excluding hydrogens is 442 g/mol. The summed E-state index contributed by atoms with van der Waals surface area (Å²) in [5.74, 6) is 0. The molecule has 0 amide bonds. The van der Waals surface area contributed by atoms with Gasteiger partial charge in [0, 0.05) is 34.2 Å². The molecule has 36 heavy (non-hydrogen) atoms. The number of nitriles is 1. The number of rotatable bonds is 3. The molecule has 0 spiro atoms. The number of furan rings is 1. The molecule has 4 heteroatoms. The van der Waals surface area contributed by atoms with E-state index in [0.29, 0.717) is 11.1 Å². The van der Waals surface area contributed by atoms with Crippen molar-refractivity contribution in [2.75, 3.05) is 0 Å². The Kier molecular flexibility index (Phi) is 5.13. The minimum atomic E-state index is 0.542. The first-order chi connectivity index (χ1) is 17.5. The van der Waals surface area contributed by atoms with Gasteiger partial charge in [0.2, 0.25) is 5.69 Å². The van der Waals surface area contributed by atoms with Gasteiger partial charge in [-0.2, -0.15) is 5.26 Å². The lowest BCUT2D eigenvalue weighted by atomic mass is 9.97. The van der Waals surface area contributed by atoms with Gasteiger partial charge >= 0.3 is 0 Å². The zero-order chi connectivity index (χ0) is 24.8. The van der Waals surface area contributed by atoms with Gasteiger partial charge in [-0.25, -0.2) is 4.57 Å². The van der Waals surface area contributed by atoms with Gasteiger partial charge in [-0.15, -0.1) is 0 Å². The van der Waals surface area contributed by atoms with Crippen molar-refractivity contribution in [3.63, 3.8) is 0 Å². The quantitative estimate of drug-likeness (QED) is 0.257. The van der Waals surface area contributed by atoms with Gasteiger partial charge in [-0.3, -0.25) is 4.98 Å². The molecular formula is C32H24N3O+. The second-order valence-corrected chi connectivity index (χ2v) is 9.21. The van der Waals surface area contributed by atoms with Gasteiger partial charge in [-0.1, -0.05) is 48.5 Å². The highest BCUT2D eigenvalue weighted by Crippen LogP contribution is 2.41. The van der Waals surface area contributed by atoms with E-state index in [1.54, 1.807) is 0 Å². The first kappa shape index (κ1) is 21.8. The fourth-order valence-corrected chi connectivity index (χ4v) is 5.02. The highest BCUT2D eigenvalue weighted by atomic mass is 16.3. The maximum absolute atomic E-state index is 9.96. The van der Waals surface area contributed by atoms with Crippen LogP contribution in [0.5, 0.6) is 0 Å². The lowest BCUT2D eigenvalue weighted by molar-refractivity contribution is -0.660. The summed E-state index contributed by atoms with van der Waals surface area (Å²) < 4.78 is 8.78. The fraction of sp³-hybridized carbons (Fsp3) is 0.0938. The van der Waals surface area contributed by atoms with Crippen LogP contribution in [0.3, 0.4) is 0 Å². The number of hydrogen-bond donors (Lipinski definition) is 0. The normalized spacial score (nSPS) is 11.2. The number of benzene rings is 3. The number of hydrogen-bond acceptors (Lipinski definition) is 3. The minimum Gasteiger partial charge on any atom is -0.454 e. The molecule has 6 rings (SSSR count). The SMILES string of the molecule is Cc1ccc(-c2c(C)ccc3c2oc2c(-c4ccc(-c5ccccc5)cn4)c(C#N)ccc23)[n+](C)c1. The van der Waals surface area contributed by atoms with Gasteiger partial charge in [0.1, 0.15) is 18.2 Å². The summed E-state index contributed by atoms with van der Waals surface area (Å²) in [5.41, 5.74) is 10.1. The highest BCUT2D eigenvalue weighted by Gasteiger charge is 2.23. The van der Waals surface area contributed by atoms with E-state index in [1.165, 1.54) is 5.56 Å². The van der Waals surface area contributed by atoms with Crippen LogP contribution in [0.25, 0.3) is 55.6 Å². The Morgan fingerprint density at radius 1 is 0.778 bits per heavy atom. The molecule has 3 heterocycles. The first-order valence-corrected chi connectivity index (χ1v) is 11.9. The van der Waals surface area contributed by atoms with Crippen molar-refractivity contribution in [3.05, 3.63) is 108 Å². The smallest absolute Gasteiger partial charge is 0.216 e. The van der Waals surface area contributed by atoms with Crippen LogP contribution in [-0.4, -0.2) is 4.98 Å². The van der Waals surface area contributed by atoms with Crippen molar-refractivity contribution in [3.8, 4) is 39.7 Å². The maximum Gasteiger partial charge on any atom is 0.216 e. The van der Waals surface area contributed by atoms with Gasteiger partial charge < -0.3 is 4.42 Å². The largest absolute Gasteiger partial charge is 0.454 e. The number of pyridine rings is 2. The summed E-state index contributed by atoms with van der Waals surface area (Å²) in [6.45, 7) is 4.19. The summed E-state index contributed by atoms with van der Waals surface area (Å²) >= 11 is 0. The summed E-state index contributed by atoms with van der Waals surface area (Å²) in [4.78, 5) is 4.76. The lowest BCUT2D eigenvalue weighted by Crippen LogP contribution is -2.31. The Morgan fingerprint density at radius 2 is 1.53 bits per heavy atom. The zero-order valence-corrected chi connectivity index (χ0v) is 20.4. The molecule has 0 fully saturated rings. The van der Waals surface area contributed by atoms with Crippen LogP contribution in [0.1, 0.15) is 16.7 Å². The van der Waals surface area contributed by atoms with Gasteiger partial charge in [0.25, 0.3) is 0 Å². The molecule has 0 N–H and O–H groups in total. The van der Waals surface area contributed by atoms with Crippen LogP contribution < -0.4 is 4.57 Å². The fourth-order valence-electron chi connectivity index (χ4n) is 5.02. The Morgan fingerprint density at radius 3 is 2.22 bits per heavy atom. The molecule has 0 saturated heterocycles. The Balaban J connectivity index is 1.61. The van der Waals surface area contributed by atoms with Crippen LogP contribution in [0, 0.1) is 25.2 Å². The summed E-state index contributed by atoms with van der Waals surface area (Å²) in [7, 11) is 2.06. The zero-order valence-electron chi connectivity index (χ0n) is 20.4. The van der Waals surface area contributed by atoms with Crippen molar-refractivity contribution < 1.29 is 8.98 Å². The average molecular weight is 467 g/mol. The van der Waals surface area contributed by atoms with E-state index in [0.717, 1.165) is 55.6 Å². The van der Waals surface area contributed by atoms with Crippen molar-refractivity contribution in [1.29, 1.82) is 5.26 Å². The lowest BCUT2D eigenvalue weighted by Gasteiger charge is -2.07. The third-order valence-electron chi connectivity index (χ3n) is 6.80. The van der Waals surface area contributed by atoms with E-state index >= 15 is 0 Å². The molecule has 0 atom stereocenters. The van der Waals surface area contributed by atoms with E-state index in [2.05, 4.69) is 74.1 Å². The molecule has 4 nitrogen and oxygen atoms in total. The monoisotopic (exact) mass is 466 g/mol. The third kappa shape index (κ3) is 3.45. The molecule has 6 aromatic rings. The van der Waals surface area contributed by atoms with E-state index in [1.807, 2.05) is 48.7 Å². The molecule has 3 aromatic heterocycles. The van der Waals surface area contributed by atoms with E-state index in [9.17, 15) is 5.26 Å². The summed E-state index contributed by atoms with van der Waals surface area (Å²) in [6, 6.07) is 28.9. The van der Waals surface area contributed by atoms with Gasteiger partial charge in [0.15, 0.2) is 6.20 Å². The molecule has 0 unspecified atom stereocenters. The first-order valence-electron chi connectivity index (χ1n) is 11.9. The number of aryl methyl sites for hydroxylation is 3. The van der Waals surface area contributed by atoms with E-state index < -0.39 is 0 Å². The Bertz CT molecular complexity index is 1810. The second kappa shape index (κ2) is 8.48. The van der Waals surface area contributed by atoms with Crippen LogP contribution in [0.4, 0.5) is 0 Å². The molecule has 0 saturated carbocycles. The topological polar surface area (TPSA) is 53.7 Å². The number of nitrogens with zero attached hydrogens (tertiary/aromatic N) is 3. The standard InChI is InChI=1S/C32H24N3O/c1-20-9-16-28(35(3)19-20)29-21(2)10-13-25-26-14-11-23(17-33)30(32(26)36-31(25)29)27-15-12-24(18-34-27)22-7-5-4-6-8-22/h4-16,18-19H,1-3H3/q+1. The van der Waals surface area contributed by atoms with Crippen LogP contribution in [-0.2, 0) is 7.05 Å².